The third-order valence-corrected chi connectivity index (χ3v) is 2.31. The maximum Gasteiger partial charge on any atom is 0.337 e. The average Bonchev–Trinajstić information content (AvgIpc) is 1.78. The van der Waals surface area contributed by atoms with Crippen LogP contribution in [0.5, 0.6) is 0 Å². The molecule has 0 atom stereocenters. The summed E-state index contributed by atoms with van der Waals surface area (Å²) in [6.07, 6.45) is 0. The molecule has 1 aromatic heterocycles. The summed E-state index contributed by atoms with van der Waals surface area (Å²) in [6.45, 7) is 1.28. The van der Waals surface area contributed by atoms with Crippen LogP contribution >= 0.6 is 0 Å². The Morgan fingerprint density at radius 1 is 1.31 bits per heavy atom. The number of anilines is 2. The lowest BCUT2D eigenvalue weighted by Gasteiger charge is -2.03. The Kier molecular flexibility index (Phi) is 2.08. The molecule has 0 saturated carbocycles. The first kappa shape index (κ1) is 9.65. The van der Waals surface area contributed by atoms with Crippen molar-refractivity contribution >= 4 is 22.0 Å². The van der Waals surface area contributed by atoms with Crippen LogP contribution < -0.4 is 11.5 Å². The van der Waals surface area contributed by atoms with Gasteiger partial charge in [0.2, 0.25) is 5.95 Å². The third kappa shape index (κ3) is 1.83. The lowest BCUT2D eigenvalue weighted by atomic mass is 10.4. The second-order valence-corrected chi connectivity index (χ2v) is 3.60. The van der Waals surface area contributed by atoms with Crippen molar-refractivity contribution in [1.29, 1.82) is 0 Å². The minimum atomic E-state index is -4.89. The van der Waals surface area contributed by atoms with Gasteiger partial charge in [0.25, 0.3) is 0 Å². The van der Waals surface area contributed by atoms with E-state index >= 15 is 0 Å². The summed E-state index contributed by atoms with van der Waals surface area (Å²) in [5, 5.41) is 0. The summed E-state index contributed by atoms with van der Waals surface area (Å²) >= 11 is 0. The van der Waals surface area contributed by atoms with E-state index in [-0.39, 0.29) is 11.6 Å². The molecule has 0 fully saturated rings. The van der Waals surface area contributed by atoms with E-state index in [0.29, 0.717) is 0 Å². The molecule has 6 nitrogen and oxygen atoms in total. The van der Waals surface area contributed by atoms with Crippen LogP contribution in [0.3, 0.4) is 0 Å². The van der Waals surface area contributed by atoms with Crippen LogP contribution in [0.4, 0.5) is 15.7 Å². The first-order valence-corrected chi connectivity index (χ1v) is 4.55. The van der Waals surface area contributed by atoms with E-state index in [1.54, 1.807) is 0 Å². The van der Waals surface area contributed by atoms with Crippen molar-refractivity contribution < 1.29 is 12.3 Å². The zero-order valence-electron chi connectivity index (χ0n) is 6.65. The minimum Gasteiger partial charge on any atom is -0.382 e. The Hall–Kier alpha value is -1.44. The molecule has 0 aromatic carbocycles. The molecule has 0 spiro atoms. The Bertz CT molecular complexity index is 421. The van der Waals surface area contributed by atoms with Gasteiger partial charge in [-0.3, -0.25) is 0 Å². The molecule has 0 aliphatic rings. The van der Waals surface area contributed by atoms with Crippen molar-refractivity contribution in [3.63, 3.8) is 0 Å². The summed E-state index contributed by atoms with van der Waals surface area (Å²) in [7, 11) is -4.89. The van der Waals surface area contributed by atoms with Gasteiger partial charge in [0.15, 0.2) is 10.7 Å². The highest BCUT2D eigenvalue weighted by atomic mass is 32.3. The lowest BCUT2D eigenvalue weighted by Crippen LogP contribution is -2.09. The maximum absolute atomic E-state index is 12.5. The molecule has 1 aromatic rings. The Balaban J connectivity index is 3.57. The topological polar surface area (TPSA) is 112 Å². The molecular weight excluding hydrogens is 199 g/mol. The Morgan fingerprint density at radius 3 is 2.23 bits per heavy atom. The van der Waals surface area contributed by atoms with Crippen LogP contribution in [0.2, 0.25) is 0 Å². The molecular formula is C5H7FN4O2S. The number of rotatable bonds is 1. The highest BCUT2D eigenvalue weighted by molar-refractivity contribution is 7.86. The summed E-state index contributed by atoms with van der Waals surface area (Å²) in [4.78, 5) is 6.07. The van der Waals surface area contributed by atoms with Gasteiger partial charge in [-0.15, -0.1) is 3.89 Å². The van der Waals surface area contributed by atoms with E-state index in [2.05, 4.69) is 9.97 Å². The van der Waals surface area contributed by atoms with Gasteiger partial charge in [0.1, 0.15) is 0 Å². The second kappa shape index (κ2) is 2.80. The summed E-state index contributed by atoms with van der Waals surface area (Å²) in [5.74, 6) is -0.671. The molecule has 0 amide bonds. The van der Waals surface area contributed by atoms with Crippen LogP contribution in [0.15, 0.2) is 4.90 Å². The first-order chi connectivity index (χ1) is 5.82. The first-order valence-electron chi connectivity index (χ1n) is 3.16. The molecule has 72 valence electrons. The van der Waals surface area contributed by atoms with Crippen molar-refractivity contribution in [3.8, 4) is 0 Å². The summed E-state index contributed by atoms with van der Waals surface area (Å²) < 4.78 is 33.6. The van der Waals surface area contributed by atoms with Gasteiger partial charge < -0.3 is 11.5 Å². The zero-order valence-corrected chi connectivity index (χ0v) is 7.47. The van der Waals surface area contributed by atoms with Crippen LogP contribution in [0, 0.1) is 6.92 Å². The van der Waals surface area contributed by atoms with E-state index in [1.165, 1.54) is 6.92 Å². The van der Waals surface area contributed by atoms with E-state index in [1.807, 2.05) is 0 Å². The van der Waals surface area contributed by atoms with Crippen LogP contribution in [0.1, 0.15) is 5.69 Å². The predicted molar refractivity (Wildman–Crippen MR) is 43.9 cm³/mol. The van der Waals surface area contributed by atoms with Crippen molar-refractivity contribution in [1.82, 2.24) is 9.97 Å². The second-order valence-electron chi connectivity index (χ2n) is 2.32. The molecule has 0 aliphatic heterocycles. The van der Waals surface area contributed by atoms with Gasteiger partial charge in [0, 0.05) is 0 Å². The van der Waals surface area contributed by atoms with Gasteiger partial charge in [-0.2, -0.15) is 13.4 Å². The van der Waals surface area contributed by atoms with Gasteiger partial charge in [0.05, 0.1) is 5.69 Å². The van der Waals surface area contributed by atoms with Crippen LogP contribution in [0.25, 0.3) is 0 Å². The lowest BCUT2D eigenvalue weighted by molar-refractivity contribution is 0.551. The standard InChI is InChI=1S/C5H7FN4O2S/c1-2-3(13(6,11)12)4(7)10-5(8)9-2/h1H3,(H4,7,8,9,10). The van der Waals surface area contributed by atoms with E-state index in [4.69, 9.17) is 11.5 Å². The Morgan fingerprint density at radius 2 is 1.85 bits per heavy atom. The number of nitrogens with zero attached hydrogens (tertiary/aromatic N) is 2. The van der Waals surface area contributed by atoms with Crippen LogP contribution in [-0.2, 0) is 10.2 Å². The maximum atomic E-state index is 12.5. The van der Waals surface area contributed by atoms with Gasteiger partial charge in [-0.25, -0.2) is 4.98 Å². The third-order valence-electron chi connectivity index (χ3n) is 1.32. The molecule has 4 N–H and O–H groups in total. The minimum absolute atomic E-state index is 0.104. The smallest absolute Gasteiger partial charge is 0.337 e. The molecule has 8 heteroatoms. The number of halogens is 1. The van der Waals surface area contributed by atoms with Crippen molar-refractivity contribution in [2.75, 3.05) is 11.5 Å². The highest BCUT2D eigenvalue weighted by Gasteiger charge is 2.21. The average molecular weight is 206 g/mol. The molecule has 0 unspecified atom stereocenters. The number of hydrogen-bond donors (Lipinski definition) is 2. The van der Waals surface area contributed by atoms with Crippen LogP contribution in [-0.4, -0.2) is 18.4 Å². The highest BCUT2D eigenvalue weighted by Crippen LogP contribution is 2.21. The largest absolute Gasteiger partial charge is 0.382 e. The molecule has 0 saturated heterocycles. The van der Waals surface area contributed by atoms with Crippen molar-refractivity contribution in [2.24, 2.45) is 0 Å². The molecule has 1 heterocycles. The fourth-order valence-electron chi connectivity index (χ4n) is 0.908. The fourth-order valence-corrected chi connectivity index (χ4v) is 1.60. The predicted octanol–water partition coefficient (Wildman–Crippen LogP) is -0.392. The monoisotopic (exact) mass is 206 g/mol. The van der Waals surface area contributed by atoms with E-state index < -0.39 is 20.9 Å². The molecule has 0 radical (unpaired) electrons. The van der Waals surface area contributed by atoms with E-state index in [0.717, 1.165) is 0 Å². The molecule has 0 bridgehead atoms. The number of aryl methyl sites for hydroxylation is 1. The quantitative estimate of drug-likeness (QED) is 0.605. The van der Waals surface area contributed by atoms with Crippen molar-refractivity contribution in [2.45, 2.75) is 11.8 Å². The van der Waals surface area contributed by atoms with Gasteiger partial charge in [-0.1, -0.05) is 0 Å². The van der Waals surface area contributed by atoms with Gasteiger partial charge >= 0.3 is 10.2 Å². The zero-order chi connectivity index (χ0) is 10.2. The van der Waals surface area contributed by atoms with Gasteiger partial charge in [-0.05, 0) is 6.92 Å². The SMILES string of the molecule is Cc1nc(N)nc(N)c1S(=O)(=O)F. The number of aromatic nitrogens is 2. The molecule has 13 heavy (non-hydrogen) atoms. The summed E-state index contributed by atoms with van der Waals surface area (Å²) in [5.41, 5.74) is 10.2. The Labute approximate surface area is 74.0 Å². The van der Waals surface area contributed by atoms with E-state index in [9.17, 15) is 12.3 Å². The fraction of sp³-hybridized carbons (Fsp3) is 0.200. The number of nitrogen functional groups attached to an aromatic ring is 2. The molecule has 0 aliphatic carbocycles. The normalized spacial score (nSPS) is 11.5. The van der Waals surface area contributed by atoms with Crippen molar-refractivity contribution in [3.05, 3.63) is 5.69 Å². The number of nitrogens with two attached hydrogens (primary N) is 2. The number of hydrogen-bond acceptors (Lipinski definition) is 6. The molecule has 1 rings (SSSR count). The summed E-state index contributed by atoms with van der Waals surface area (Å²) in [6, 6.07) is 0.